The molecule has 1 aliphatic carbocycles. The quantitative estimate of drug-likeness (QED) is 0.802. The maximum absolute atomic E-state index is 13.3. The second-order valence-electron chi connectivity index (χ2n) is 7.86. The summed E-state index contributed by atoms with van der Waals surface area (Å²) >= 11 is 0. The fourth-order valence-electron chi connectivity index (χ4n) is 4.22. The van der Waals surface area contributed by atoms with Crippen LogP contribution in [0.4, 0.5) is 4.39 Å². The van der Waals surface area contributed by atoms with Crippen molar-refractivity contribution < 1.29 is 13.9 Å². The summed E-state index contributed by atoms with van der Waals surface area (Å²) in [6.07, 6.45) is 4.79. The molecule has 26 heavy (non-hydrogen) atoms. The molecule has 1 spiro atoms. The number of hydrogen-bond donors (Lipinski definition) is 0. The van der Waals surface area contributed by atoms with E-state index in [0.29, 0.717) is 6.04 Å². The van der Waals surface area contributed by atoms with Crippen molar-refractivity contribution in [3.63, 3.8) is 0 Å². The number of likely N-dealkylation sites (tertiary alicyclic amines) is 1. The van der Waals surface area contributed by atoms with Gasteiger partial charge in [0.2, 0.25) is 0 Å². The average Bonchev–Trinajstić information content (AvgIpc) is 3.43. The molecule has 0 aromatic heterocycles. The molecule has 1 aromatic rings. The lowest BCUT2D eigenvalue weighted by atomic mass is 9.88. The minimum Gasteiger partial charge on any atom is -0.360 e. The van der Waals surface area contributed by atoms with Gasteiger partial charge in [-0.05, 0) is 56.7 Å². The van der Waals surface area contributed by atoms with Crippen LogP contribution < -0.4 is 0 Å². The van der Waals surface area contributed by atoms with Crippen LogP contribution in [-0.4, -0.2) is 59.6 Å². The highest BCUT2D eigenvalue weighted by molar-refractivity contribution is 5.85. The van der Waals surface area contributed by atoms with Gasteiger partial charge in [-0.3, -0.25) is 4.79 Å². The molecule has 1 saturated carbocycles. The first-order valence-electron chi connectivity index (χ1n) is 9.50. The summed E-state index contributed by atoms with van der Waals surface area (Å²) in [6.45, 7) is 5.57. The minimum atomic E-state index is -0.312. The van der Waals surface area contributed by atoms with Gasteiger partial charge in [-0.15, -0.1) is 12.4 Å². The lowest BCUT2D eigenvalue weighted by Crippen LogP contribution is -2.61. The number of morpholine rings is 1. The summed E-state index contributed by atoms with van der Waals surface area (Å²) in [5.74, 6) is 0.00573. The van der Waals surface area contributed by atoms with Crippen LogP contribution in [0.2, 0.25) is 0 Å². The molecular weight excluding hydrogens is 355 g/mol. The van der Waals surface area contributed by atoms with Crippen LogP contribution in [0.1, 0.15) is 38.2 Å². The van der Waals surface area contributed by atoms with Gasteiger partial charge >= 0.3 is 0 Å². The number of hydrogen-bond acceptors (Lipinski definition) is 3. The summed E-state index contributed by atoms with van der Waals surface area (Å²) < 4.78 is 19.5. The number of nitrogens with zero attached hydrogens (tertiary/aromatic N) is 2. The molecule has 4 nitrogen and oxygen atoms in total. The lowest BCUT2D eigenvalue weighted by molar-refractivity contribution is -0.190. The van der Waals surface area contributed by atoms with E-state index in [2.05, 4.69) is 9.80 Å². The fourth-order valence-corrected chi connectivity index (χ4v) is 4.22. The highest BCUT2D eigenvalue weighted by Gasteiger charge is 2.48. The number of benzene rings is 1. The Balaban J connectivity index is 0.00000196. The topological polar surface area (TPSA) is 32.8 Å². The number of carbonyl (C=O) groups excluding carboxylic acids is 1. The first kappa shape index (κ1) is 19.6. The lowest BCUT2D eigenvalue weighted by Gasteiger charge is -2.49. The van der Waals surface area contributed by atoms with Gasteiger partial charge in [0, 0.05) is 25.7 Å². The average molecular weight is 383 g/mol. The molecular formula is C20H28ClFN2O2. The Hall–Kier alpha value is -1.17. The fraction of sp³-hybridized carbons (Fsp3) is 0.650. The molecule has 1 atom stereocenters. The van der Waals surface area contributed by atoms with Gasteiger partial charge in [0.1, 0.15) is 11.9 Å². The predicted molar refractivity (Wildman–Crippen MR) is 101 cm³/mol. The second-order valence-corrected chi connectivity index (χ2v) is 7.86. The third kappa shape index (κ3) is 4.21. The molecule has 3 fully saturated rings. The van der Waals surface area contributed by atoms with Crippen LogP contribution in [0.15, 0.2) is 24.3 Å². The number of amides is 1. The first-order chi connectivity index (χ1) is 12.0. The Morgan fingerprint density at radius 3 is 2.65 bits per heavy atom. The molecule has 4 rings (SSSR count). The minimum absolute atomic E-state index is 0. The zero-order valence-electron chi connectivity index (χ0n) is 15.3. The van der Waals surface area contributed by atoms with Crippen LogP contribution in [0.5, 0.6) is 0 Å². The number of halogens is 2. The Morgan fingerprint density at radius 1 is 1.27 bits per heavy atom. The smallest absolute Gasteiger partial charge is 0.251 e. The van der Waals surface area contributed by atoms with Crippen LogP contribution in [0.25, 0.3) is 0 Å². The standard InChI is InChI=1S/C20H27FN2O2.ClH/c1-15-19(24)23(18-5-6-18)14-20(25-15)8-11-22(12-9-20)10-7-16-3-2-4-17(21)13-16;/h2-4,13,15,18H,5-12,14H2,1H3;1H. The third-order valence-corrected chi connectivity index (χ3v) is 5.88. The van der Waals surface area contributed by atoms with Gasteiger partial charge in [0.25, 0.3) is 5.91 Å². The van der Waals surface area contributed by atoms with Crippen LogP contribution in [0, 0.1) is 5.82 Å². The van der Waals surface area contributed by atoms with Crippen molar-refractivity contribution in [2.45, 2.75) is 56.8 Å². The van der Waals surface area contributed by atoms with Crippen molar-refractivity contribution in [3.8, 4) is 0 Å². The highest BCUT2D eigenvalue weighted by atomic mass is 35.5. The summed E-state index contributed by atoms with van der Waals surface area (Å²) in [7, 11) is 0. The molecule has 1 aromatic carbocycles. The van der Waals surface area contributed by atoms with E-state index in [-0.39, 0.29) is 35.8 Å². The maximum Gasteiger partial charge on any atom is 0.251 e. The summed E-state index contributed by atoms with van der Waals surface area (Å²) in [4.78, 5) is 16.9. The number of rotatable bonds is 4. The monoisotopic (exact) mass is 382 g/mol. The van der Waals surface area contributed by atoms with Gasteiger partial charge < -0.3 is 14.5 Å². The molecule has 0 radical (unpaired) electrons. The van der Waals surface area contributed by atoms with E-state index in [9.17, 15) is 9.18 Å². The van der Waals surface area contributed by atoms with Crippen LogP contribution >= 0.6 is 12.4 Å². The molecule has 2 aliphatic heterocycles. The summed E-state index contributed by atoms with van der Waals surface area (Å²) in [5, 5.41) is 0. The molecule has 0 bridgehead atoms. The molecule has 1 amide bonds. The van der Waals surface area contributed by atoms with Crippen molar-refractivity contribution in [1.82, 2.24) is 9.80 Å². The summed E-state index contributed by atoms with van der Waals surface area (Å²) in [5.41, 5.74) is 0.888. The largest absolute Gasteiger partial charge is 0.360 e. The highest BCUT2D eigenvalue weighted by Crippen LogP contribution is 2.38. The maximum atomic E-state index is 13.3. The Kier molecular flexibility index (Phi) is 5.90. The van der Waals surface area contributed by atoms with E-state index in [4.69, 9.17) is 4.74 Å². The molecule has 2 saturated heterocycles. The zero-order valence-corrected chi connectivity index (χ0v) is 16.1. The molecule has 0 N–H and O–H groups in total. The van der Waals surface area contributed by atoms with Crippen LogP contribution in [0.3, 0.4) is 0 Å². The van der Waals surface area contributed by atoms with Crippen molar-refractivity contribution in [2.24, 2.45) is 0 Å². The second kappa shape index (κ2) is 7.83. The Bertz CT molecular complexity index is 644. The molecule has 144 valence electrons. The van der Waals surface area contributed by atoms with Crippen molar-refractivity contribution in [1.29, 1.82) is 0 Å². The summed E-state index contributed by atoms with van der Waals surface area (Å²) in [6, 6.07) is 7.33. The number of piperidine rings is 1. The molecule has 6 heteroatoms. The van der Waals surface area contributed by atoms with Gasteiger partial charge in [-0.2, -0.15) is 0 Å². The third-order valence-electron chi connectivity index (χ3n) is 5.88. The zero-order chi connectivity index (χ0) is 17.4. The number of carbonyl (C=O) groups is 1. The Morgan fingerprint density at radius 2 is 2.00 bits per heavy atom. The van der Waals surface area contributed by atoms with Gasteiger partial charge in [-0.25, -0.2) is 4.39 Å². The number of ether oxygens (including phenoxy) is 1. The molecule has 1 unspecified atom stereocenters. The van der Waals surface area contributed by atoms with E-state index in [1.165, 1.54) is 6.07 Å². The van der Waals surface area contributed by atoms with Crippen LogP contribution in [-0.2, 0) is 16.0 Å². The van der Waals surface area contributed by atoms with E-state index in [1.807, 2.05) is 13.0 Å². The van der Waals surface area contributed by atoms with E-state index in [1.54, 1.807) is 12.1 Å². The predicted octanol–water partition coefficient (Wildman–Crippen LogP) is 3.03. The van der Waals surface area contributed by atoms with Crippen molar-refractivity contribution in [2.75, 3.05) is 26.2 Å². The van der Waals surface area contributed by atoms with E-state index >= 15 is 0 Å². The molecule has 3 aliphatic rings. The van der Waals surface area contributed by atoms with Gasteiger partial charge in [0.15, 0.2) is 0 Å². The van der Waals surface area contributed by atoms with E-state index in [0.717, 1.165) is 63.8 Å². The van der Waals surface area contributed by atoms with Gasteiger partial charge in [-0.1, -0.05) is 12.1 Å². The first-order valence-corrected chi connectivity index (χ1v) is 9.50. The van der Waals surface area contributed by atoms with E-state index < -0.39 is 0 Å². The van der Waals surface area contributed by atoms with Crippen molar-refractivity contribution in [3.05, 3.63) is 35.6 Å². The van der Waals surface area contributed by atoms with Crippen molar-refractivity contribution >= 4 is 18.3 Å². The normalized spacial score (nSPS) is 26.0. The SMILES string of the molecule is CC1OC2(CCN(CCc3cccc(F)c3)CC2)CN(C2CC2)C1=O.Cl. The van der Waals surface area contributed by atoms with Gasteiger partial charge in [0.05, 0.1) is 12.1 Å². The molecule has 2 heterocycles. The Labute approximate surface area is 161 Å².